The number of hydrogen-bond acceptors (Lipinski definition) is 3. The Balaban J connectivity index is 2.04. The summed E-state index contributed by atoms with van der Waals surface area (Å²) in [4.78, 5) is 11.9. The lowest BCUT2D eigenvalue weighted by Crippen LogP contribution is -2.22. The lowest BCUT2D eigenvalue weighted by atomic mass is 9.93. The van der Waals surface area contributed by atoms with Gasteiger partial charge in [-0.2, -0.15) is 0 Å². The average molecular weight is 248 g/mol. The lowest BCUT2D eigenvalue weighted by molar-refractivity contribution is -0.146. The normalized spacial score (nSPS) is 26.1. The van der Waals surface area contributed by atoms with Gasteiger partial charge in [-0.05, 0) is 17.9 Å². The minimum absolute atomic E-state index is 0.241. The molecule has 1 aromatic carbocycles. The maximum absolute atomic E-state index is 11.9. The Morgan fingerprint density at radius 2 is 2.06 bits per heavy atom. The minimum atomic E-state index is -0.463. The van der Waals surface area contributed by atoms with Crippen LogP contribution in [-0.2, 0) is 19.9 Å². The van der Waals surface area contributed by atoms with Crippen molar-refractivity contribution >= 4 is 5.97 Å². The number of rotatable bonds is 5. The van der Waals surface area contributed by atoms with Crippen molar-refractivity contribution in [2.45, 2.75) is 38.9 Å². The highest BCUT2D eigenvalue weighted by Gasteiger charge is 2.61. The van der Waals surface area contributed by atoms with Crippen molar-refractivity contribution in [3.8, 4) is 0 Å². The molecule has 0 amide bonds. The number of epoxide rings is 1. The molecule has 1 aliphatic rings. The first-order valence-electron chi connectivity index (χ1n) is 6.50. The summed E-state index contributed by atoms with van der Waals surface area (Å²) in [6, 6.07) is 9.88. The molecule has 2 rings (SSSR count). The molecule has 3 nitrogen and oxygen atoms in total. The molecule has 0 bridgehead atoms. The van der Waals surface area contributed by atoms with Crippen LogP contribution in [0.3, 0.4) is 0 Å². The zero-order valence-electron chi connectivity index (χ0n) is 11.2. The number of carbonyl (C=O) groups excluding carboxylic acids is 1. The third kappa shape index (κ3) is 2.41. The molecule has 3 heteroatoms. The third-order valence-corrected chi connectivity index (χ3v) is 3.26. The fraction of sp³-hybridized carbons (Fsp3) is 0.533. The SMILES string of the molecule is CC[C@@]1(c2ccccc2)O[C@@H]1C(=O)OCC(C)C. The van der Waals surface area contributed by atoms with E-state index in [1.807, 2.05) is 51.1 Å². The summed E-state index contributed by atoms with van der Waals surface area (Å²) in [6.07, 6.45) is 0.335. The van der Waals surface area contributed by atoms with E-state index in [0.717, 1.165) is 12.0 Å². The molecule has 1 saturated heterocycles. The molecule has 0 unspecified atom stereocenters. The van der Waals surface area contributed by atoms with Crippen LogP contribution in [0.25, 0.3) is 0 Å². The Labute approximate surface area is 108 Å². The van der Waals surface area contributed by atoms with Gasteiger partial charge < -0.3 is 9.47 Å². The van der Waals surface area contributed by atoms with E-state index in [9.17, 15) is 4.79 Å². The fourth-order valence-corrected chi connectivity index (χ4v) is 2.15. The maximum Gasteiger partial charge on any atom is 0.338 e. The average Bonchev–Trinajstić information content (AvgIpc) is 3.13. The van der Waals surface area contributed by atoms with Crippen LogP contribution in [0.5, 0.6) is 0 Å². The van der Waals surface area contributed by atoms with E-state index < -0.39 is 11.7 Å². The van der Waals surface area contributed by atoms with Gasteiger partial charge in [-0.3, -0.25) is 0 Å². The van der Waals surface area contributed by atoms with Crippen LogP contribution in [0.2, 0.25) is 0 Å². The van der Waals surface area contributed by atoms with Crippen molar-refractivity contribution in [3.05, 3.63) is 35.9 Å². The van der Waals surface area contributed by atoms with Gasteiger partial charge in [-0.1, -0.05) is 51.1 Å². The van der Waals surface area contributed by atoms with E-state index in [1.165, 1.54) is 0 Å². The van der Waals surface area contributed by atoms with Crippen molar-refractivity contribution < 1.29 is 14.3 Å². The molecular weight excluding hydrogens is 228 g/mol. The van der Waals surface area contributed by atoms with E-state index in [1.54, 1.807) is 0 Å². The number of ether oxygens (including phenoxy) is 2. The Bertz CT molecular complexity index is 413. The summed E-state index contributed by atoms with van der Waals surface area (Å²) in [5, 5.41) is 0. The van der Waals surface area contributed by atoms with E-state index in [0.29, 0.717) is 12.5 Å². The molecule has 0 N–H and O–H groups in total. The largest absolute Gasteiger partial charge is 0.463 e. The second-order valence-corrected chi connectivity index (χ2v) is 5.13. The van der Waals surface area contributed by atoms with Gasteiger partial charge in [-0.25, -0.2) is 4.79 Å². The first-order chi connectivity index (χ1) is 8.60. The van der Waals surface area contributed by atoms with Crippen LogP contribution in [0.15, 0.2) is 30.3 Å². The molecule has 98 valence electrons. The molecule has 0 aromatic heterocycles. The Hall–Kier alpha value is -1.35. The predicted octanol–water partition coefficient (Wildman–Crippen LogP) is 2.89. The standard InChI is InChI=1S/C15H20O3/c1-4-15(12-8-6-5-7-9-12)13(18-15)14(16)17-10-11(2)3/h5-9,11,13H,4,10H2,1-3H3/t13-,15+/m1/s1. The molecule has 18 heavy (non-hydrogen) atoms. The van der Waals surface area contributed by atoms with Gasteiger partial charge in [0.2, 0.25) is 0 Å². The zero-order valence-corrected chi connectivity index (χ0v) is 11.2. The number of carbonyl (C=O) groups is 1. The van der Waals surface area contributed by atoms with Crippen molar-refractivity contribution in [3.63, 3.8) is 0 Å². The number of esters is 1. The van der Waals surface area contributed by atoms with Gasteiger partial charge in [0, 0.05) is 0 Å². The topological polar surface area (TPSA) is 38.8 Å². The second-order valence-electron chi connectivity index (χ2n) is 5.13. The van der Waals surface area contributed by atoms with Crippen LogP contribution >= 0.6 is 0 Å². The van der Waals surface area contributed by atoms with Crippen LogP contribution in [-0.4, -0.2) is 18.7 Å². The summed E-state index contributed by atoms with van der Waals surface area (Å²) in [5.74, 6) is 0.106. The van der Waals surface area contributed by atoms with Crippen LogP contribution in [0.4, 0.5) is 0 Å². The second kappa shape index (κ2) is 5.11. The summed E-state index contributed by atoms with van der Waals surface area (Å²) in [6.45, 7) is 6.52. The first kappa shape index (κ1) is 13.1. The van der Waals surface area contributed by atoms with Gasteiger partial charge in [0.25, 0.3) is 0 Å². The van der Waals surface area contributed by atoms with Gasteiger partial charge in [0.1, 0.15) is 5.60 Å². The van der Waals surface area contributed by atoms with E-state index in [-0.39, 0.29) is 5.97 Å². The lowest BCUT2D eigenvalue weighted by Gasteiger charge is -2.11. The Kier molecular flexibility index (Phi) is 3.71. The fourth-order valence-electron chi connectivity index (χ4n) is 2.15. The monoisotopic (exact) mass is 248 g/mol. The van der Waals surface area contributed by atoms with Gasteiger partial charge >= 0.3 is 5.97 Å². The molecule has 1 aliphatic heterocycles. The van der Waals surface area contributed by atoms with E-state index in [2.05, 4.69) is 0 Å². The molecule has 0 aliphatic carbocycles. The van der Waals surface area contributed by atoms with Crippen LogP contribution in [0, 0.1) is 5.92 Å². The molecule has 2 atom stereocenters. The molecule has 0 spiro atoms. The quantitative estimate of drug-likeness (QED) is 0.594. The predicted molar refractivity (Wildman–Crippen MR) is 69.1 cm³/mol. The number of hydrogen-bond donors (Lipinski definition) is 0. The Morgan fingerprint density at radius 1 is 1.39 bits per heavy atom. The zero-order chi connectivity index (χ0) is 13.2. The number of benzene rings is 1. The molecule has 1 aromatic rings. The van der Waals surface area contributed by atoms with Crippen molar-refractivity contribution in [1.29, 1.82) is 0 Å². The van der Waals surface area contributed by atoms with Crippen molar-refractivity contribution in [1.82, 2.24) is 0 Å². The smallest absolute Gasteiger partial charge is 0.338 e. The highest BCUT2D eigenvalue weighted by atomic mass is 16.7. The summed E-state index contributed by atoms with van der Waals surface area (Å²) in [5.41, 5.74) is 0.592. The summed E-state index contributed by atoms with van der Waals surface area (Å²) in [7, 11) is 0. The molecule has 0 radical (unpaired) electrons. The van der Waals surface area contributed by atoms with Gasteiger partial charge in [0.05, 0.1) is 6.61 Å². The molecular formula is C15H20O3. The van der Waals surface area contributed by atoms with Gasteiger partial charge in [-0.15, -0.1) is 0 Å². The van der Waals surface area contributed by atoms with Crippen LogP contribution in [0.1, 0.15) is 32.8 Å². The van der Waals surface area contributed by atoms with Crippen molar-refractivity contribution in [2.24, 2.45) is 5.92 Å². The van der Waals surface area contributed by atoms with Gasteiger partial charge in [0.15, 0.2) is 6.10 Å². The molecule has 0 saturated carbocycles. The summed E-state index contributed by atoms with van der Waals surface area (Å²) >= 11 is 0. The van der Waals surface area contributed by atoms with E-state index in [4.69, 9.17) is 9.47 Å². The summed E-state index contributed by atoms with van der Waals surface area (Å²) < 4.78 is 10.9. The highest BCUT2D eigenvalue weighted by Crippen LogP contribution is 2.49. The van der Waals surface area contributed by atoms with E-state index >= 15 is 0 Å². The van der Waals surface area contributed by atoms with Crippen molar-refractivity contribution in [2.75, 3.05) is 6.61 Å². The maximum atomic E-state index is 11.9. The van der Waals surface area contributed by atoms with Crippen LogP contribution < -0.4 is 0 Å². The molecule has 1 heterocycles. The molecule has 1 fully saturated rings. The minimum Gasteiger partial charge on any atom is -0.463 e. The first-order valence-corrected chi connectivity index (χ1v) is 6.50. The Morgan fingerprint density at radius 3 is 2.61 bits per heavy atom. The highest BCUT2D eigenvalue weighted by molar-refractivity contribution is 5.80. The third-order valence-electron chi connectivity index (χ3n) is 3.26.